The van der Waals surface area contributed by atoms with Gasteiger partial charge in [-0.25, -0.2) is 4.68 Å². The summed E-state index contributed by atoms with van der Waals surface area (Å²) in [7, 11) is 1.73. The van der Waals surface area contributed by atoms with Crippen LogP contribution in [0.2, 0.25) is 0 Å². The molecule has 6 nitrogen and oxygen atoms in total. The minimum Gasteiger partial charge on any atom is -0.381 e. The van der Waals surface area contributed by atoms with Crippen molar-refractivity contribution in [3.63, 3.8) is 0 Å². The molecule has 0 unspecified atom stereocenters. The molecule has 2 aromatic rings. The Morgan fingerprint density at radius 3 is 2.64 bits per heavy atom. The van der Waals surface area contributed by atoms with Crippen LogP contribution in [-0.4, -0.2) is 34.9 Å². The summed E-state index contributed by atoms with van der Waals surface area (Å²) in [4.78, 5) is 26.1. The number of aromatic nitrogens is 2. The number of nitrogens with one attached hydrogen (secondary N) is 1. The lowest BCUT2D eigenvalue weighted by molar-refractivity contribution is -0.128. The molecule has 0 saturated heterocycles. The molecular formula is C21H29N3O3S. The topological polar surface area (TPSA) is 73.2 Å². The normalized spacial score (nSPS) is 20.9. The Kier molecular flexibility index (Phi) is 7.02. The third-order valence-corrected chi connectivity index (χ3v) is 6.41. The molecule has 0 radical (unpaired) electrons. The number of ether oxygens (including phenoxy) is 1. The molecule has 2 heterocycles. The Hall–Kier alpha value is -1.99. The highest BCUT2D eigenvalue weighted by Crippen LogP contribution is 2.26. The first-order valence-electron chi connectivity index (χ1n) is 9.93. The molecule has 28 heavy (non-hydrogen) atoms. The van der Waals surface area contributed by atoms with Crippen molar-refractivity contribution in [2.75, 3.05) is 7.11 Å². The molecular weight excluding hydrogens is 374 g/mol. The summed E-state index contributed by atoms with van der Waals surface area (Å²) in [6.07, 6.45) is 3.81. The zero-order valence-electron chi connectivity index (χ0n) is 16.8. The summed E-state index contributed by atoms with van der Waals surface area (Å²) in [5.74, 6) is 0.295. The maximum Gasteiger partial charge on any atom is 0.266 e. The van der Waals surface area contributed by atoms with Crippen molar-refractivity contribution in [3.8, 4) is 10.6 Å². The number of thiophene rings is 1. The lowest BCUT2D eigenvalue weighted by Crippen LogP contribution is -2.46. The van der Waals surface area contributed by atoms with E-state index in [2.05, 4.69) is 24.3 Å². The van der Waals surface area contributed by atoms with E-state index in [9.17, 15) is 9.59 Å². The van der Waals surface area contributed by atoms with Crippen LogP contribution in [0.3, 0.4) is 0 Å². The van der Waals surface area contributed by atoms with Crippen molar-refractivity contribution >= 4 is 17.2 Å². The van der Waals surface area contributed by atoms with E-state index in [0.29, 0.717) is 6.54 Å². The van der Waals surface area contributed by atoms with Crippen molar-refractivity contribution in [2.45, 2.75) is 58.2 Å². The van der Waals surface area contributed by atoms with E-state index in [-0.39, 0.29) is 35.4 Å². The van der Waals surface area contributed by atoms with E-state index in [4.69, 9.17) is 4.74 Å². The molecule has 1 amide bonds. The van der Waals surface area contributed by atoms with Gasteiger partial charge in [0.1, 0.15) is 5.69 Å². The Morgan fingerprint density at radius 2 is 2.04 bits per heavy atom. The van der Waals surface area contributed by atoms with Gasteiger partial charge in [0.2, 0.25) is 5.91 Å². The van der Waals surface area contributed by atoms with Gasteiger partial charge in [0.25, 0.3) is 5.56 Å². The lowest BCUT2D eigenvalue weighted by Gasteiger charge is -2.29. The molecule has 1 saturated carbocycles. The van der Waals surface area contributed by atoms with Gasteiger partial charge in [-0.2, -0.15) is 5.10 Å². The van der Waals surface area contributed by atoms with Crippen LogP contribution >= 0.6 is 11.3 Å². The standard InChI is InChI=1S/C21H29N3O3S/c1-14(2)18(22-21(26)15-6-8-16(27-3)9-7-15)13-24-20(25)11-10-17(23-24)19-5-4-12-28-19/h4-5,10-12,14-16,18H,6-9,13H2,1-3H3,(H,22,26)/t15?,16?,18-/m1/s1. The van der Waals surface area contributed by atoms with Gasteiger partial charge >= 0.3 is 0 Å². The van der Waals surface area contributed by atoms with Gasteiger partial charge in [-0.15, -0.1) is 11.3 Å². The van der Waals surface area contributed by atoms with Crippen molar-refractivity contribution in [2.24, 2.45) is 11.8 Å². The Labute approximate surface area is 169 Å². The van der Waals surface area contributed by atoms with E-state index in [1.54, 1.807) is 30.6 Å². The van der Waals surface area contributed by atoms with Crippen LogP contribution in [0.4, 0.5) is 0 Å². The summed E-state index contributed by atoms with van der Waals surface area (Å²) < 4.78 is 6.87. The fourth-order valence-corrected chi connectivity index (χ4v) is 4.30. The maximum absolute atomic E-state index is 12.8. The Bertz CT molecular complexity index is 824. The number of hydrogen-bond donors (Lipinski definition) is 1. The molecule has 1 fully saturated rings. The third-order valence-electron chi connectivity index (χ3n) is 5.52. The van der Waals surface area contributed by atoms with Gasteiger partial charge in [0.15, 0.2) is 0 Å². The highest BCUT2D eigenvalue weighted by Gasteiger charge is 2.28. The molecule has 152 valence electrons. The Balaban J connectivity index is 1.69. The van der Waals surface area contributed by atoms with Crippen LogP contribution in [0, 0.1) is 11.8 Å². The molecule has 1 atom stereocenters. The van der Waals surface area contributed by atoms with Crippen LogP contribution in [0.15, 0.2) is 34.4 Å². The summed E-state index contributed by atoms with van der Waals surface area (Å²) in [5.41, 5.74) is 0.627. The van der Waals surface area contributed by atoms with Crippen molar-refractivity contribution in [3.05, 3.63) is 40.0 Å². The van der Waals surface area contributed by atoms with E-state index < -0.39 is 0 Å². The van der Waals surface area contributed by atoms with Gasteiger partial charge < -0.3 is 10.1 Å². The van der Waals surface area contributed by atoms with Crippen molar-refractivity contribution in [1.82, 2.24) is 15.1 Å². The maximum atomic E-state index is 12.8. The molecule has 0 bridgehead atoms. The number of hydrogen-bond acceptors (Lipinski definition) is 5. The first kappa shape index (κ1) is 20.7. The SMILES string of the molecule is COC1CCC(C(=O)N[C@H](Cn2nc(-c3cccs3)ccc2=O)C(C)C)CC1. The predicted octanol–water partition coefficient (Wildman–Crippen LogP) is 3.32. The van der Waals surface area contributed by atoms with Crippen LogP contribution in [0.1, 0.15) is 39.5 Å². The van der Waals surface area contributed by atoms with E-state index in [1.807, 2.05) is 17.5 Å². The number of carbonyl (C=O) groups excluding carboxylic acids is 1. The van der Waals surface area contributed by atoms with Crippen LogP contribution < -0.4 is 10.9 Å². The van der Waals surface area contributed by atoms with Gasteiger partial charge in [-0.1, -0.05) is 19.9 Å². The monoisotopic (exact) mass is 403 g/mol. The molecule has 1 aliphatic carbocycles. The van der Waals surface area contributed by atoms with Gasteiger partial charge in [0.05, 0.1) is 23.6 Å². The molecule has 1 N–H and O–H groups in total. The van der Waals surface area contributed by atoms with E-state index in [1.165, 1.54) is 4.68 Å². The molecule has 3 rings (SSSR count). The summed E-state index contributed by atoms with van der Waals surface area (Å²) in [6, 6.07) is 7.11. The summed E-state index contributed by atoms with van der Waals surface area (Å²) >= 11 is 1.59. The average molecular weight is 404 g/mol. The first-order chi connectivity index (χ1) is 13.5. The molecule has 7 heteroatoms. The molecule has 0 aromatic carbocycles. The average Bonchev–Trinajstić information content (AvgIpc) is 3.23. The van der Waals surface area contributed by atoms with Crippen LogP contribution in [0.5, 0.6) is 0 Å². The fourth-order valence-electron chi connectivity index (χ4n) is 3.61. The number of carbonyl (C=O) groups is 1. The second-order valence-corrected chi connectivity index (χ2v) is 8.73. The number of rotatable bonds is 7. The van der Waals surface area contributed by atoms with E-state index >= 15 is 0 Å². The predicted molar refractivity (Wildman–Crippen MR) is 111 cm³/mol. The molecule has 1 aliphatic rings. The smallest absolute Gasteiger partial charge is 0.266 e. The third kappa shape index (κ3) is 5.08. The van der Waals surface area contributed by atoms with Crippen molar-refractivity contribution < 1.29 is 9.53 Å². The highest BCUT2D eigenvalue weighted by atomic mass is 32.1. The van der Waals surface area contributed by atoms with Gasteiger partial charge in [-0.3, -0.25) is 9.59 Å². The van der Waals surface area contributed by atoms with Crippen LogP contribution in [-0.2, 0) is 16.1 Å². The lowest BCUT2D eigenvalue weighted by atomic mass is 9.86. The molecule has 0 aliphatic heterocycles. The van der Waals surface area contributed by atoms with Gasteiger partial charge in [0, 0.05) is 19.1 Å². The molecule has 2 aromatic heterocycles. The Morgan fingerprint density at radius 1 is 1.29 bits per heavy atom. The zero-order valence-corrected chi connectivity index (χ0v) is 17.6. The fraction of sp³-hybridized carbons (Fsp3) is 0.571. The number of nitrogens with zero attached hydrogens (tertiary/aromatic N) is 2. The zero-order chi connectivity index (χ0) is 20.1. The quantitative estimate of drug-likeness (QED) is 0.770. The van der Waals surface area contributed by atoms with Crippen LogP contribution in [0.25, 0.3) is 10.6 Å². The summed E-state index contributed by atoms with van der Waals surface area (Å²) in [6.45, 7) is 4.48. The van der Waals surface area contributed by atoms with Gasteiger partial charge in [-0.05, 0) is 49.1 Å². The summed E-state index contributed by atoms with van der Waals surface area (Å²) in [5, 5.41) is 9.68. The minimum absolute atomic E-state index is 0.0229. The highest BCUT2D eigenvalue weighted by molar-refractivity contribution is 7.13. The molecule has 0 spiro atoms. The number of methoxy groups -OCH3 is 1. The first-order valence-corrected chi connectivity index (χ1v) is 10.8. The second kappa shape index (κ2) is 9.47. The largest absolute Gasteiger partial charge is 0.381 e. The minimum atomic E-state index is -0.152. The number of amides is 1. The van der Waals surface area contributed by atoms with E-state index in [0.717, 1.165) is 36.3 Å². The van der Waals surface area contributed by atoms with Crippen molar-refractivity contribution in [1.29, 1.82) is 0 Å². The second-order valence-electron chi connectivity index (χ2n) is 7.78.